The molecule has 12 fully saturated rings. The Morgan fingerprint density at radius 2 is 0.858 bits per heavy atom. The number of sulfonamides is 1. The Hall–Kier alpha value is -3.50. The summed E-state index contributed by atoms with van der Waals surface area (Å²) in [7, 11) is -1.81. The van der Waals surface area contributed by atoms with Crippen molar-refractivity contribution in [1.29, 1.82) is 0 Å². The van der Waals surface area contributed by atoms with Gasteiger partial charge in [0.25, 0.3) is 0 Å². The van der Waals surface area contributed by atoms with Crippen molar-refractivity contribution in [1.82, 2.24) is 46.6 Å². The highest BCUT2D eigenvalue weighted by Gasteiger charge is 2.67. The first-order valence-corrected chi connectivity index (χ1v) is 51.4. The summed E-state index contributed by atoms with van der Waals surface area (Å²) in [6, 6.07) is 14.4. The summed E-state index contributed by atoms with van der Waals surface area (Å²) in [5.74, 6) is 9.84. The van der Waals surface area contributed by atoms with Crippen LogP contribution in [0.25, 0.3) is 0 Å². The number of aromatic nitrogens is 2. The molecule has 14 rings (SSSR count). The summed E-state index contributed by atoms with van der Waals surface area (Å²) in [4.78, 5) is 43.9. The molecule has 12 saturated carbocycles. The van der Waals surface area contributed by atoms with Crippen LogP contribution in [-0.2, 0) is 42.2 Å². The summed E-state index contributed by atoms with van der Waals surface area (Å²) in [5, 5.41) is 54.9. The molecule has 19 heteroatoms. The van der Waals surface area contributed by atoms with Crippen molar-refractivity contribution >= 4 is 27.7 Å². The quantitative estimate of drug-likeness (QED) is 0.0224. The molecular weight excluding hydrogens is 1520 g/mol. The number of unbranched alkanes of at least 4 members (excludes halogenated alkanes) is 2. The van der Waals surface area contributed by atoms with Crippen LogP contribution in [0.1, 0.15) is 319 Å². The van der Waals surface area contributed by atoms with Gasteiger partial charge in [0.2, 0.25) is 10.0 Å². The molecule has 30 atom stereocenters. The zero-order valence-electron chi connectivity index (χ0n) is 77.6. The Kier molecular flexibility index (Phi) is 33.6. The lowest BCUT2D eigenvalue weighted by atomic mass is 9.43. The molecule has 0 bridgehead atoms. The Labute approximate surface area is 728 Å². The lowest BCUT2D eigenvalue weighted by molar-refractivity contribution is -0.167. The molecule has 120 heavy (non-hydrogen) atoms. The second-order valence-corrected chi connectivity index (χ2v) is 46.0. The van der Waals surface area contributed by atoms with Crippen molar-refractivity contribution in [2.45, 2.75) is 363 Å². The Morgan fingerprint density at radius 3 is 1.26 bits per heavy atom. The number of carbonyl (C=O) groups is 3. The number of methoxy groups -OCH3 is 1. The molecule has 0 aliphatic heterocycles. The minimum atomic E-state index is -3.31. The van der Waals surface area contributed by atoms with Gasteiger partial charge in [0, 0.05) is 94.5 Å². The third-order valence-electron chi connectivity index (χ3n) is 37.4. The van der Waals surface area contributed by atoms with E-state index in [0.717, 1.165) is 128 Å². The van der Waals surface area contributed by atoms with Gasteiger partial charge in [0.05, 0.1) is 37.0 Å². The number of carboxylic acids is 1. The largest absolute Gasteiger partial charge is 0.481 e. The van der Waals surface area contributed by atoms with E-state index in [-0.39, 0.29) is 41.5 Å². The third kappa shape index (κ3) is 22.1. The van der Waals surface area contributed by atoms with Crippen molar-refractivity contribution in [2.75, 3.05) is 52.6 Å². The molecule has 680 valence electrons. The zero-order chi connectivity index (χ0) is 86.0. The second-order valence-electron chi connectivity index (χ2n) is 44.2. The van der Waals surface area contributed by atoms with E-state index in [1.165, 1.54) is 155 Å². The maximum Gasteiger partial charge on any atom is 0.305 e. The summed E-state index contributed by atoms with van der Waals surface area (Å²) in [5.41, 5.74) is 4.04. The SMILES string of the molecule is CC(C)NCCNC1CC[C@]2(C)C3CC[C@@]4(C)C(CC[C@@H]4[C@H](C)CCC(=O)O)C3[C@H](NS(C)(=O)=O)C[C@H]2C1.CCC(=O)CC[C@@H](C)[C@H]1CCC2C3C(CC[C@@]21C)[C@@]1(C)CC[C@H](NCCCCNCc2ccccn2)C[C@@H]1C[C@H]3O.COC(=O)CC[C@@H](C)[C@H]1CCC2C3C(CC[C@@]21C)[C@@]1(C)CC[C@@H](NCCCCNCc2ccccn2)C[C@@H]1C[C@H]3O. The molecule has 12 aliphatic rings. The van der Waals surface area contributed by atoms with Crippen molar-refractivity contribution in [3.05, 3.63) is 60.2 Å². The van der Waals surface area contributed by atoms with Crippen LogP contribution in [0.5, 0.6) is 0 Å². The predicted molar refractivity (Wildman–Crippen MR) is 485 cm³/mol. The van der Waals surface area contributed by atoms with Gasteiger partial charge in [-0.05, 0) is 389 Å². The fraction of sp³-hybridized carbons (Fsp3) is 0.871. The molecular formula is C101H171N9O9S. The number of carbonyl (C=O) groups excluding carboxylic acids is 2. The number of fused-ring (bicyclic) bond motifs is 15. The summed E-state index contributed by atoms with van der Waals surface area (Å²) in [6.07, 6.45) is 43.5. The molecule has 12 aliphatic carbocycles. The molecule has 10 unspecified atom stereocenters. The molecule has 2 aromatic rings. The van der Waals surface area contributed by atoms with Crippen molar-refractivity contribution in [3.8, 4) is 0 Å². The number of hydrogen-bond acceptors (Lipinski definition) is 16. The van der Waals surface area contributed by atoms with Crippen LogP contribution in [0.4, 0.5) is 0 Å². The van der Waals surface area contributed by atoms with Crippen LogP contribution in [0.2, 0.25) is 0 Å². The van der Waals surface area contributed by atoms with E-state index in [1.54, 1.807) is 0 Å². The first kappa shape index (κ1) is 95.6. The van der Waals surface area contributed by atoms with Gasteiger partial charge >= 0.3 is 11.9 Å². The molecule has 0 aromatic carbocycles. The number of ether oxygens (including phenoxy) is 1. The summed E-state index contributed by atoms with van der Waals surface area (Å²) >= 11 is 0. The van der Waals surface area contributed by atoms with Crippen LogP contribution in [0, 0.1) is 139 Å². The monoisotopic (exact) mass is 1690 g/mol. The van der Waals surface area contributed by atoms with Crippen molar-refractivity contribution < 1.29 is 42.9 Å². The van der Waals surface area contributed by atoms with E-state index in [9.17, 15) is 38.1 Å². The molecule has 0 saturated heterocycles. The van der Waals surface area contributed by atoms with Gasteiger partial charge in [-0.15, -0.1) is 0 Å². The van der Waals surface area contributed by atoms with Crippen molar-refractivity contribution in [2.24, 2.45) is 139 Å². The number of hydrogen-bond donors (Lipinski definition) is 10. The first-order valence-electron chi connectivity index (χ1n) is 49.5. The number of ketones is 1. The standard InChI is InChI=1S/C36H59N3O2.C35H57N3O3.C30H55N3O4S/c1-5-29(40)12-11-25(2)30-13-14-31-34-32(16-18-36(30,31)4)35(3)17-15-27(22-26(35)23-33(34)41)38-21-9-8-19-37-24-28-10-6-7-20-39-28;1-24(10-13-32(40)41-4)28-11-12-29-33-30(15-17-35(28,29)3)34(2)16-14-26(21-25(34)22-31(33)39)37-20-8-7-18-36-23-27-9-5-6-19-38-27;1-19(2)31-15-16-32-22-11-13-29(4)21(17-22)18-26(33-38(6,36)37)28-24-9-8-23(20(3)7-10-27(34)35)30(24,5)14-12-25(28)29/h6-7,10,20,25-27,30-34,37-38,41H,5,8-9,11-19,21-24H2,1-4H3;5-6,9,19,24-26,28-31,33,36-37,39H,7-8,10-18,20-23H2,1-4H3;19-26,28,31-33H,7-18H2,1-6H3,(H,34,35)/t25-,26-,27+,30-,31?,32?,33-,34?,35+,36-;24-,25-,26-,28-,29?,30?,31-,33?,34+,35-;20-,21-,22?,23-,24?,25?,26-,28?,29+,30-/m111/s1. The van der Waals surface area contributed by atoms with Gasteiger partial charge in [0.1, 0.15) is 5.78 Å². The molecule has 2 heterocycles. The van der Waals surface area contributed by atoms with E-state index in [4.69, 9.17) is 4.74 Å². The lowest BCUT2D eigenvalue weighted by Crippen LogP contribution is -2.62. The van der Waals surface area contributed by atoms with Gasteiger partial charge in [-0.25, -0.2) is 13.1 Å². The van der Waals surface area contributed by atoms with Crippen LogP contribution < -0.4 is 36.6 Å². The van der Waals surface area contributed by atoms with E-state index in [2.05, 4.69) is 135 Å². The second kappa shape index (κ2) is 42.2. The molecule has 0 amide bonds. The van der Waals surface area contributed by atoms with E-state index in [1.807, 2.05) is 43.6 Å². The number of pyridine rings is 2. The average Bonchev–Trinajstić information content (AvgIpc) is 1.34. The van der Waals surface area contributed by atoms with Crippen molar-refractivity contribution in [3.63, 3.8) is 0 Å². The van der Waals surface area contributed by atoms with Gasteiger partial charge in [-0.1, -0.05) is 95.2 Å². The minimum Gasteiger partial charge on any atom is -0.481 e. The normalized spacial score (nSPS) is 39.9. The van der Waals surface area contributed by atoms with E-state index in [0.29, 0.717) is 171 Å². The fourth-order valence-corrected chi connectivity index (χ4v) is 31.8. The van der Waals surface area contributed by atoms with E-state index < -0.39 is 16.0 Å². The van der Waals surface area contributed by atoms with Gasteiger partial charge in [-0.2, -0.15) is 0 Å². The highest BCUT2D eigenvalue weighted by Crippen LogP contribution is 2.72. The number of nitrogens with zero attached hydrogens (tertiary/aromatic N) is 2. The molecule has 2 aromatic heterocycles. The molecule has 0 radical (unpaired) electrons. The number of esters is 1. The first-order chi connectivity index (χ1) is 57.3. The number of Topliss-reactive ketones (excluding diaryl/α,β-unsaturated/α-hetero) is 1. The van der Waals surface area contributed by atoms with Gasteiger partial charge in [0.15, 0.2) is 0 Å². The van der Waals surface area contributed by atoms with Crippen LogP contribution in [0.15, 0.2) is 48.8 Å². The highest BCUT2D eigenvalue weighted by atomic mass is 32.2. The Morgan fingerprint density at radius 1 is 0.475 bits per heavy atom. The number of aliphatic carboxylic acids is 1. The predicted octanol–water partition coefficient (Wildman–Crippen LogP) is 17.7. The third-order valence-corrected chi connectivity index (χ3v) is 38.2. The molecule has 18 nitrogen and oxygen atoms in total. The topological polar surface area (TPSA) is 265 Å². The fourth-order valence-electron chi connectivity index (χ4n) is 31.0. The van der Waals surface area contributed by atoms with Crippen LogP contribution >= 0.6 is 0 Å². The highest BCUT2D eigenvalue weighted by molar-refractivity contribution is 7.88. The number of carboxylic acid groups (broad SMARTS) is 1. The zero-order valence-corrected chi connectivity index (χ0v) is 78.4. The lowest BCUT2D eigenvalue weighted by Gasteiger charge is -2.63. The maximum absolute atomic E-state index is 12.6. The number of aliphatic hydroxyl groups excluding tert-OH is 2. The maximum atomic E-state index is 12.6. The Balaban J connectivity index is 0.000000165. The smallest absolute Gasteiger partial charge is 0.305 e. The van der Waals surface area contributed by atoms with E-state index >= 15 is 0 Å². The van der Waals surface area contributed by atoms with Gasteiger partial charge in [-0.3, -0.25) is 24.4 Å². The number of aliphatic hydroxyl groups is 2. The van der Waals surface area contributed by atoms with Gasteiger partial charge < -0.3 is 52.0 Å². The minimum absolute atomic E-state index is 0.00660. The average molecular weight is 1690 g/mol. The number of nitrogens with one attached hydrogen (secondary N) is 7. The summed E-state index contributed by atoms with van der Waals surface area (Å²) in [6.45, 7) is 36.6. The van der Waals surface area contributed by atoms with Crippen LogP contribution in [-0.4, -0.2) is 146 Å². The Bertz CT molecular complexity index is 3500. The summed E-state index contributed by atoms with van der Waals surface area (Å²) < 4.78 is 33.3. The number of rotatable bonds is 36. The molecule has 0 spiro atoms. The molecule has 10 N–H and O–H groups in total. The van der Waals surface area contributed by atoms with Crippen LogP contribution in [0.3, 0.4) is 0 Å².